The predicted octanol–water partition coefficient (Wildman–Crippen LogP) is 5.10. The van der Waals surface area contributed by atoms with Crippen molar-refractivity contribution in [3.8, 4) is 0 Å². The number of unbranched alkanes of at least 4 members (excludes halogenated alkanes) is 6. The molecule has 0 rings (SSSR count). The van der Waals surface area contributed by atoms with Gasteiger partial charge >= 0.3 is 0 Å². The third-order valence-corrected chi connectivity index (χ3v) is 3.67. The third-order valence-electron chi connectivity index (χ3n) is 3.67. The highest BCUT2D eigenvalue weighted by Gasteiger charge is 2.01. The van der Waals surface area contributed by atoms with Gasteiger partial charge in [-0.2, -0.15) is 0 Å². The van der Waals surface area contributed by atoms with Crippen molar-refractivity contribution in [2.45, 2.75) is 85.1 Å². The third kappa shape index (κ3) is 12.2. The maximum Gasteiger partial charge on any atom is 0.00355 e. The van der Waals surface area contributed by atoms with Gasteiger partial charge in [-0.3, -0.25) is 0 Å². The van der Waals surface area contributed by atoms with Crippen molar-refractivity contribution in [2.75, 3.05) is 13.6 Å². The summed E-state index contributed by atoms with van der Waals surface area (Å²) in [4.78, 5) is 2.45. The molecular formula is C16H35N. The Morgan fingerprint density at radius 3 is 1.65 bits per heavy atom. The summed E-state index contributed by atoms with van der Waals surface area (Å²) in [6, 6.07) is 0.700. The molecule has 0 N–H and O–H groups in total. The fourth-order valence-electron chi connectivity index (χ4n) is 2.06. The summed E-state index contributed by atoms with van der Waals surface area (Å²) in [6.07, 6.45) is 11.4. The molecule has 0 saturated heterocycles. The fraction of sp³-hybridized carbons (Fsp3) is 1.00. The molecule has 0 amide bonds. The molecular weight excluding hydrogens is 206 g/mol. The van der Waals surface area contributed by atoms with Crippen molar-refractivity contribution in [2.24, 2.45) is 5.92 Å². The van der Waals surface area contributed by atoms with Gasteiger partial charge in [-0.05, 0) is 39.8 Å². The van der Waals surface area contributed by atoms with E-state index >= 15 is 0 Å². The average molecular weight is 241 g/mol. The maximum atomic E-state index is 2.45. The van der Waals surface area contributed by atoms with Gasteiger partial charge in [-0.25, -0.2) is 0 Å². The SMILES string of the molecule is CC(C)CCCCCCCCCN(C)C(C)C. The summed E-state index contributed by atoms with van der Waals surface area (Å²) < 4.78 is 0. The molecule has 0 saturated carbocycles. The summed E-state index contributed by atoms with van der Waals surface area (Å²) in [5.74, 6) is 0.890. The molecule has 1 heteroatoms. The molecule has 0 bridgehead atoms. The van der Waals surface area contributed by atoms with E-state index in [0.717, 1.165) is 5.92 Å². The van der Waals surface area contributed by atoms with Crippen LogP contribution in [0.1, 0.15) is 79.1 Å². The van der Waals surface area contributed by atoms with Gasteiger partial charge < -0.3 is 4.90 Å². The van der Waals surface area contributed by atoms with Gasteiger partial charge in [0.25, 0.3) is 0 Å². The zero-order chi connectivity index (χ0) is 13.1. The fourth-order valence-corrected chi connectivity index (χ4v) is 2.06. The molecule has 0 aromatic carbocycles. The van der Waals surface area contributed by atoms with Gasteiger partial charge in [0, 0.05) is 6.04 Å². The van der Waals surface area contributed by atoms with Crippen LogP contribution in [-0.4, -0.2) is 24.5 Å². The Balaban J connectivity index is 3.09. The Bertz CT molecular complexity index is 152. The standard InChI is InChI=1S/C16H35N/c1-15(2)13-11-9-7-6-8-10-12-14-17(5)16(3)4/h15-16H,6-14H2,1-5H3. The highest BCUT2D eigenvalue weighted by atomic mass is 15.1. The molecule has 17 heavy (non-hydrogen) atoms. The Hall–Kier alpha value is -0.0400. The topological polar surface area (TPSA) is 3.24 Å². The minimum atomic E-state index is 0.700. The van der Waals surface area contributed by atoms with Crippen LogP contribution in [0.15, 0.2) is 0 Å². The molecule has 0 aliphatic carbocycles. The lowest BCUT2D eigenvalue weighted by Crippen LogP contribution is -2.27. The Morgan fingerprint density at radius 2 is 1.18 bits per heavy atom. The quantitative estimate of drug-likeness (QED) is 0.455. The molecule has 1 nitrogen and oxygen atoms in total. The van der Waals surface area contributed by atoms with Crippen molar-refractivity contribution < 1.29 is 0 Å². The molecule has 0 fully saturated rings. The van der Waals surface area contributed by atoms with Gasteiger partial charge in [0.1, 0.15) is 0 Å². The molecule has 0 aromatic heterocycles. The van der Waals surface area contributed by atoms with Crippen molar-refractivity contribution in [3.05, 3.63) is 0 Å². The van der Waals surface area contributed by atoms with Crippen molar-refractivity contribution in [3.63, 3.8) is 0 Å². The monoisotopic (exact) mass is 241 g/mol. The first-order valence-electron chi connectivity index (χ1n) is 7.74. The number of hydrogen-bond acceptors (Lipinski definition) is 1. The Morgan fingerprint density at radius 1 is 0.706 bits per heavy atom. The molecule has 104 valence electrons. The van der Waals surface area contributed by atoms with E-state index < -0.39 is 0 Å². The molecule has 0 aromatic rings. The Kier molecular flexibility index (Phi) is 11.0. The summed E-state index contributed by atoms with van der Waals surface area (Å²) in [5, 5.41) is 0. The normalized spacial score (nSPS) is 12.0. The minimum absolute atomic E-state index is 0.700. The Labute approximate surface area is 110 Å². The van der Waals surface area contributed by atoms with Crippen LogP contribution in [0.2, 0.25) is 0 Å². The van der Waals surface area contributed by atoms with Crippen LogP contribution in [0, 0.1) is 5.92 Å². The minimum Gasteiger partial charge on any atom is -0.304 e. The highest BCUT2D eigenvalue weighted by molar-refractivity contribution is 4.57. The lowest BCUT2D eigenvalue weighted by atomic mass is 10.0. The van der Waals surface area contributed by atoms with E-state index in [-0.39, 0.29) is 0 Å². The zero-order valence-electron chi connectivity index (χ0n) is 13.0. The van der Waals surface area contributed by atoms with Crippen LogP contribution in [0.5, 0.6) is 0 Å². The lowest BCUT2D eigenvalue weighted by Gasteiger charge is -2.20. The molecule has 0 aliphatic rings. The second kappa shape index (κ2) is 11.1. The summed E-state index contributed by atoms with van der Waals surface area (Å²) in [5.41, 5.74) is 0. The van der Waals surface area contributed by atoms with Crippen LogP contribution < -0.4 is 0 Å². The largest absolute Gasteiger partial charge is 0.304 e. The van der Waals surface area contributed by atoms with Gasteiger partial charge in [0.2, 0.25) is 0 Å². The highest BCUT2D eigenvalue weighted by Crippen LogP contribution is 2.12. The number of rotatable bonds is 11. The molecule has 0 unspecified atom stereocenters. The smallest absolute Gasteiger partial charge is 0.00355 e. The van der Waals surface area contributed by atoms with Gasteiger partial charge in [-0.15, -0.1) is 0 Å². The van der Waals surface area contributed by atoms with E-state index in [1.807, 2.05) is 0 Å². The first-order chi connectivity index (χ1) is 8.04. The predicted molar refractivity (Wildman–Crippen MR) is 79.5 cm³/mol. The molecule has 0 aliphatic heterocycles. The number of nitrogens with zero attached hydrogens (tertiary/aromatic N) is 1. The molecule has 0 radical (unpaired) electrons. The summed E-state index contributed by atoms with van der Waals surface area (Å²) in [7, 11) is 2.23. The van der Waals surface area contributed by atoms with Crippen LogP contribution in [-0.2, 0) is 0 Å². The van der Waals surface area contributed by atoms with E-state index in [1.54, 1.807) is 0 Å². The van der Waals surface area contributed by atoms with Gasteiger partial charge in [0.05, 0.1) is 0 Å². The van der Waals surface area contributed by atoms with E-state index in [1.165, 1.54) is 57.9 Å². The zero-order valence-corrected chi connectivity index (χ0v) is 13.0. The van der Waals surface area contributed by atoms with Gasteiger partial charge in [-0.1, -0.05) is 58.8 Å². The van der Waals surface area contributed by atoms with Gasteiger partial charge in [0.15, 0.2) is 0 Å². The maximum absolute atomic E-state index is 2.45. The first kappa shape index (κ1) is 17.0. The van der Waals surface area contributed by atoms with E-state index in [9.17, 15) is 0 Å². The first-order valence-corrected chi connectivity index (χ1v) is 7.74. The lowest BCUT2D eigenvalue weighted by molar-refractivity contribution is 0.267. The van der Waals surface area contributed by atoms with E-state index in [4.69, 9.17) is 0 Å². The molecule has 0 atom stereocenters. The van der Waals surface area contributed by atoms with E-state index in [0.29, 0.717) is 6.04 Å². The summed E-state index contributed by atoms with van der Waals surface area (Å²) in [6.45, 7) is 10.5. The van der Waals surface area contributed by atoms with Crippen LogP contribution in [0.3, 0.4) is 0 Å². The van der Waals surface area contributed by atoms with Crippen molar-refractivity contribution in [1.29, 1.82) is 0 Å². The second-order valence-electron chi connectivity index (χ2n) is 6.23. The number of hydrogen-bond donors (Lipinski definition) is 0. The van der Waals surface area contributed by atoms with Crippen molar-refractivity contribution in [1.82, 2.24) is 4.90 Å². The molecule has 0 heterocycles. The average Bonchev–Trinajstić information content (AvgIpc) is 2.25. The van der Waals surface area contributed by atoms with Crippen LogP contribution >= 0.6 is 0 Å². The van der Waals surface area contributed by atoms with Crippen LogP contribution in [0.4, 0.5) is 0 Å². The molecule has 0 spiro atoms. The second-order valence-corrected chi connectivity index (χ2v) is 6.23. The van der Waals surface area contributed by atoms with E-state index in [2.05, 4.69) is 39.6 Å². The summed E-state index contributed by atoms with van der Waals surface area (Å²) >= 11 is 0. The van der Waals surface area contributed by atoms with Crippen LogP contribution in [0.25, 0.3) is 0 Å². The van der Waals surface area contributed by atoms with Crippen molar-refractivity contribution >= 4 is 0 Å².